The molecule has 0 radical (unpaired) electrons. The molecule has 1 amide bonds. The molecular formula is C9H15NO. The van der Waals surface area contributed by atoms with Crippen molar-refractivity contribution in [3.63, 3.8) is 0 Å². The van der Waals surface area contributed by atoms with E-state index in [1.54, 1.807) is 6.92 Å². The van der Waals surface area contributed by atoms with Gasteiger partial charge in [0.2, 0.25) is 5.91 Å². The SMILES string of the molecule is CC(=O)NC1(C2(C)CC2)CC1. The Kier molecular flexibility index (Phi) is 1.16. The molecule has 62 valence electrons. The lowest BCUT2D eigenvalue weighted by molar-refractivity contribution is -0.120. The number of carbonyl (C=O) groups excluding carboxylic acids is 1. The van der Waals surface area contributed by atoms with E-state index in [-0.39, 0.29) is 11.4 Å². The number of amides is 1. The Hall–Kier alpha value is -0.530. The molecule has 2 fully saturated rings. The molecule has 0 saturated heterocycles. The average Bonchev–Trinajstić information content (AvgIpc) is 2.68. The van der Waals surface area contributed by atoms with E-state index in [9.17, 15) is 4.79 Å². The normalized spacial score (nSPS) is 29.3. The molecule has 2 nitrogen and oxygen atoms in total. The van der Waals surface area contributed by atoms with Crippen molar-refractivity contribution in [3.05, 3.63) is 0 Å². The maximum absolute atomic E-state index is 10.9. The summed E-state index contributed by atoms with van der Waals surface area (Å²) < 4.78 is 0. The van der Waals surface area contributed by atoms with Gasteiger partial charge in [0, 0.05) is 12.5 Å². The minimum Gasteiger partial charge on any atom is -0.350 e. The van der Waals surface area contributed by atoms with Crippen LogP contribution < -0.4 is 5.32 Å². The van der Waals surface area contributed by atoms with Crippen LogP contribution in [0.3, 0.4) is 0 Å². The number of nitrogens with one attached hydrogen (secondary N) is 1. The zero-order valence-electron chi connectivity index (χ0n) is 7.24. The van der Waals surface area contributed by atoms with Crippen molar-refractivity contribution in [2.45, 2.75) is 45.1 Å². The van der Waals surface area contributed by atoms with Gasteiger partial charge in [-0.2, -0.15) is 0 Å². The Morgan fingerprint density at radius 1 is 1.27 bits per heavy atom. The Labute approximate surface area is 67.4 Å². The van der Waals surface area contributed by atoms with Crippen LogP contribution in [0.15, 0.2) is 0 Å². The smallest absolute Gasteiger partial charge is 0.217 e. The molecule has 0 atom stereocenters. The van der Waals surface area contributed by atoms with Gasteiger partial charge in [-0.25, -0.2) is 0 Å². The van der Waals surface area contributed by atoms with Gasteiger partial charge in [-0.1, -0.05) is 6.92 Å². The van der Waals surface area contributed by atoms with Crippen molar-refractivity contribution < 1.29 is 4.79 Å². The fourth-order valence-electron chi connectivity index (χ4n) is 2.01. The van der Waals surface area contributed by atoms with Crippen LogP contribution in [0, 0.1) is 5.41 Å². The van der Waals surface area contributed by atoms with E-state index in [0.717, 1.165) is 0 Å². The van der Waals surface area contributed by atoms with Crippen molar-refractivity contribution in [3.8, 4) is 0 Å². The van der Waals surface area contributed by atoms with Gasteiger partial charge in [0.1, 0.15) is 0 Å². The van der Waals surface area contributed by atoms with Crippen molar-refractivity contribution in [2.75, 3.05) is 0 Å². The molecule has 0 aliphatic heterocycles. The molecule has 0 aromatic rings. The minimum absolute atomic E-state index is 0.135. The first-order valence-corrected chi connectivity index (χ1v) is 4.37. The second-order valence-corrected chi connectivity index (χ2v) is 4.32. The summed E-state index contributed by atoms with van der Waals surface area (Å²) in [6, 6.07) is 0. The van der Waals surface area contributed by atoms with E-state index in [4.69, 9.17) is 0 Å². The molecule has 2 rings (SSSR count). The van der Waals surface area contributed by atoms with E-state index >= 15 is 0 Å². The lowest BCUT2D eigenvalue weighted by Crippen LogP contribution is -2.41. The third-order valence-corrected chi connectivity index (χ3v) is 3.32. The average molecular weight is 153 g/mol. The topological polar surface area (TPSA) is 29.1 Å². The fourth-order valence-corrected chi connectivity index (χ4v) is 2.01. The lowest BCUT2D eigenvalue weighted by atomic mass is 9.96. The molecule has 0 aromatic carbocycles. The molecule has 0 heterocycles. The van der Waals surface area contributed by atoms with Gasteiger partial charge < -0.3 is 5.32 Å². The van der Waals surface area contributed by atoms with E-state index in [1.165, 1.54) is 25.7 Å². The van der Waals surface area contributed by atoms with Crippen molar-refractivity contribution in [1.82, 2.24) is 5.32 Å². The summed E-state index contributed by atoms with van der Waals surface area (Å²) in [7, 11) is 0. The summed E-state index contributed by atoms with van der Waals surface area (Å²) in [5.74, 6) is 0.135. The van der Waals surface area contributed by atoms with E-state index < -0.39 is 0 Å². The summed E-state index contributed by atoms with van der Waals surface area (Å²) in [5, 5.41) is 3.09. The van der Waals surface area contributed by atoms with Crippen molar-refractivity contribution >= 4 is 5.91 Å². The number of hydrogen-bond acceptors (Lipinski definition) is 1. The van der Waals surface area contributed by atoms with E-state index in [0.29, 0.717) is 5.41 Å². The molecule has 0 unspecified atom stereocenters. The highest BCUT2D eigenvalue weighted by Crippen LogP contribution is 2.63. The summed E-state index contributed by atoms with van der Waals surface area (Å²) >= 11 is 0. The number of carbonyl (C=O) groups is 1. The van der Waals surface area contributed by atoms with Gasteiger partial charge in [-0.3, -0.25) is 4.79 Å². The zero-order chi connectivity index (χ0) is 8.11. The van der Waals surface area contributed by atoms with Crippen LogP contribution in [0.2, 0.25) is 0 Å². The molecule has 0 bridgehead atoms. The first-order valence-electron chi connectivity index (χ1n) is 4.37. The van der Waals surface area contributed by atoms with E-state index in [2.05, 4.69) is 12.2 Å². The zero-order valence-corrected chi connectivity index (χ0v) is 7.24. The first-order chi connectivity index (χ1) is 5.08. The van der Waals surface area contributed by atoms with Gasteiger partial charge >= 0.3 is 0 Å². The third kappa shape index (κ3) is 0.959. The molecule has 0 aromatic heterocycles. The predicted molar refractivity (Wildman–Crippen MR) is 43.1 cm³/mol. The highest BCUT2D eigenvalue weighted by atomic mass is 16.1. The molecule has 11 heavy (non-hydrogen) atoms. The Morgan fingerprint density at radius 3 is 2.09 bits per heavy atom. The highest BCUT2D eigenvalue weighted by Gasteiger charge is 2.62. The second-order valence-electron chi connectivity index (χ2n) is 4.32. The maximum atomic E-state index is 10.9. The van der Waals surface area contributed by atoms with E-state index in [1.807, 2.05) is 0 Å². The lowest BCUT2D eigenvalue weighted by Gasteiger charge is -2.23. The number of hydrogen-bond donors (Lipinski definition) is 1. The first kappa shape index (κ1) is 7.14. The largest absolute Gasteiger partial charge is 0.350 e. The van der Waals surface area contributed by atoms with Gasteiger partial charge in [0.25, 0.3) is 0 Å². The van der Waals surface area contributed by atoms with Gasteiger partial charge in [0.15, 0.2) is 0 Å². The quantitative estimate of drug-likeness (QED) is 0.639. The molecule has 2 aliphatic carbocycles. The molecule has 0 spiro atoms. The van der Waals surface area contributed by atoms with Crippen molar-refractivity contribution in [2.24, 2.45) is 5.41 Å². The van der Waals surface area contributed by atoms with Gasteiger partial charge in [-0.15, -0.1) is 0 Å². The van der Waals surface area contributed by atoms with Crippen LogP contribution in [-0.4, -0.2) is 11.4 Å². The standard InChI is InChI=1S/C9H15NO/c1-7(11)10-9(5-6-9)8(2)3-4-8/h3-6H2,1-2H3,(H,10,11). The second kappa shape index (κ2) is 1.79. The third-order valence-electron chi connectivity index (χ3n) is 3.32. The molecule has 2 aliphatic rings. The summed E-state index contributed by atoms with van der Waals surface area (Å²) in [4.78, 5) is 10.9. The highest BCUT2D eigenvalue weighted by molar-refractivity contribution is 5.74. The maximum Gasteiger partial charge on any atom is 0.217 e. The summed E-state index contributed by atoms with van der Waals surface area (Å²) in [6.45, 7) is 3.90. The Balaban J connectivity index is 2.05. The van der Waals surface area contributed by atoms with Crippen LogP contribution in [0.4, 0.5) is 0 Å². The van der Waals surface area contributed by atoms with Gasteiger partial charge in [0.05, 0.1) is 0 Å². The van der Waals surface area contributed by atoms with Crippen LogP contribution in [0.25, 0.3) is 0 Å². The van der Waals surface area contributed by atoms with Crippen LogP contribution in [0.1, 0.15) is 39.5 Å². The monoisotopic (exact) mass is 153 g/mol. The Bertz CT molecular complexity index is 202. The molecular weight excluding hydrogens is 138 g/mol. The van der Waals surface area contributed by atoms with Crippen molar-refractivity contribution in [1.29, 1.82) is 0 Å². The molecule has 2 heteroatoms. The summed E-state index contributed by atoms with van der Waals surface area (Å²) in [5.41, 5.74) is 0.678. The fraction of sp³-hybridized carbons (Fsp3) is 0.889. The molecule has 2 saturated carbocycles. The number of rotatable bonds is 2. The van der Waals surface area contributed by atoms with Crippen LogP contribution >= 0.6 is 0 Å². The van der Waals surface area contributed by atoms with Crippen LogP contribution in [0.5, 0.6) is 0 Å². The molecule has 1 N–H and O–H groups in total. The van der Waals surface area contributed by atoms with Crippen LogP contribution in [-0.2, 0) is 4.79 Å². The minimum atomic E-state index is 0.135. The van der Waals surface area contributed by atoms with Gasteiger partial charge in [-0.05, 0) is 31.1 Å². The summed E-state index contributed by atoms with van der Waals surface area (Å²) in [6.07, 6.45) is 4.99. The Morgan fingerprint density at radius 2 is 1.82 bits per heavy atom. The predicted octanol–water partition coefficient (Wildman–Crippen LogP) is 1.46.